The van der Waals surface area contributed by atoms with Gasteiger partial charge in [-0.1, -0.05) is 55.5 Å². The molecule has 1 aliphatic heterocycles. The van der Waals surface area contributed by atoms with Crippen molar-refractivity contribution in [2.75, 3.05) is 25.0 Å². The number of carbonyl (C=O) groups is 3. The highest BCUT2D eigenvalue weighted by Crippen LogP contribution is 2.44. The first-order valence-electron chi connectivity index (χ1n) is 11.7. The van der Waals surface area contributed by atoms with E-state index in [0.29, 0.717) is 19.4 Å². The molecule has 1 atom stereocenters. The fourth-order valence-electron chi connectivity index (χ4n) is 5.12. The lowest BCUT2D eigenvalue weighted by Crippen LogP contribution is -2.36. The molecular formula is C27H26N2O6. The summed E-state index contributed by atoms with van der Waals surface area (Å²) >= 11 is 0. The second-order valence-corrected chi connectivity index (χ2v) is 9.03. The Kier molecular flexibility index (Phi) is 5.80. The number of benzene rings is 2. The van der Waals surface area contributed by atoms with E-state index in [2.05, 4.69) is 17.4 Å². The molecule has 8 heteroatoms. The van der Waals surface area contributed by atoms with Crippen molar-refractivity contribution in [1.29, 1.82) is 0 Å². The molecule has 1 aliphatic carbocycles. The van der Waals surface area contributed by atoms with Gasteiger partial charge in [-0.3, -0.25) is 14.9 Å². The summed E-state index contributed by atoms with van der Waals surface area (Å²) in [4.78, 5) is 38.9. The number of furan rings is 1. The molecule has 2 aromatic carbocycles. The van der Waals surface area contributed by atoms with Crippen molar-refractivity contribution >= 4 is 23.7 Å². The molecule has 2 N–H and O–H groups in total. The number of nitrogens with zero attached hydrogens (tertiary/aromatic N) is 1. The van der Waals surface area contributed by atoms with Gasteiger partial charge in [0.1, 0.15) is 6.61 Å². The number of amides is 2. The van der Waals surface area contributed by atoms with Gasteiger partial charge in [0.2, 0.25) is 5.76 Å². The highest BCUT2D eigenvalue weighted by atomic mass is 16.5. The molecule has 2 heterocycles. The van der Waals surface area contributed by atoms with Crippen LogP contribution in [0.1, 0.15) is 47.4 Å². The quantitative estimate of drug-likeness (QED) is 0.522. The number of carbonyl (C=O) groups excluding carboxylic acids is 2. The molecule has 180 valence electrons. The van der Waals surface area contributed by atoms with E-state index in [0.717, 1.165) is 22.3 Å². The second-order valence-electron chi connectivity index (χ2n) is 9.03. The normalized spacial score (nSPS) is 18.7. The summed E-state index contributed by atoms with van der Waals surface area (Å²) in [5.41, 5.74) is 3.71. The van der Waals surface area contributed by atoms with E-state index in [9.17, 15) is 19.5 Å². The SMILES string of the molecule is CCC1(C(=O)O)CCN(C(=O)c2occc2NC(=O)OCC2c3ccccc3-c3ccccc32)C1. The minimum absolute atomic E-state index is 0.0456. The van der Waals surface area contributed by atoms with Crippen molar-refractivity contribution in [3.05, 3.63) is 77.7 Å². The maximum atomic E-state index is 13.0. The number of nitrogens with one attached hydrogen (secondary N) is 1. The summed E-state index contributed by atoms with van der Waals surface area (Å²) in [5.74, 6) is -1.50. The maximum absolute atomic E-state index is 13.0. The molecule has 35 heavy (non-hydrogen) atoms. The van der Waals surface area contributed by atoms with Gasteiger partial charge in [-0.15, -0.1) is 0 Å². The number of carboxylic acid groups (broad SMARTS) is 1. The van der Waals surface area contributed by atoms with E-state index in [1.165, 1.54) is 17.2 Å². The Labute approximate surface area is 202 Å². The van der Waals surface area contributed by atoms with E-state index in [-0.39, 0.29) is 30.5 Å². The van der Waals surface area contributed by atoms with Gasteiger partial charge in [0, 0.05) is 25.1 Å². The number of hydrogen-bond donors (Lipinski definition) is 2. The third-order valence-electron chi connectivity index (χ3n) is 7.21. The number of aliphatic carboxylic acids is 1. The zero-order chi connectivity index (χ0) is 24.6. The van der Waals surface area contributed by atoms with E-state index < -0.39 is 23.4 Å². The van der Waals surface area contributed by atoms with Crippen molar-refractivity contribution in [2.24, 2.45) is 5.41 Å². The lowest BCUT2D eigenvalue weighted by atomic mass is 9.84. The number of carboxylic acids is 1. The summed E-state index contributed by atoms with van der Waals surface area (Å²) in [7, 11) is 0. The van der Waals surface area contributed by atoms with Crippen molar-refractivity contribution < 1.29 is 28.6 Å². The molecule has 5 rings (SSSR count). The molecule has 1 fully saturated rings. The third-order valence-corrected chi connectivity index (χ3v) is 7.21. The van der Waals surface area contributed by atoms with Crippen LogP contribution in [-0.2, 0) is 9.53 Å². The Hall–Kier alpha value is -4.07. The summed E-state index contributed by atoms with van der Waals surface area (Å²) in [6, 6.07) is 17.6. The molecule has 2 aliphatic rings. The molecular weight excluding hydrogens is 448 g/mol. The fraction of sp³-hybridized carbons (Fsp3) is 0.296. The predicted molar refractivity (Wildman–Crippen MR) is 128 cm³/mol. The molecule has 0 spiro atoms. The Morgan fingerprint density at radius 1 is 1.09 bits per heavy atom. The van der Waals surface area contributed by atoms with Gasteiger partial charge in [0.25, 0.3) is 5.91 Å². The number of likely N-dealkylation sites (tertiary alicyclic amines) is 1. The van der Waals surface area contributed by atoms with E-state index in [1.54, 1.807) is 6.92 Å². The first-order chi connectivity index (χ1) is 16.9. The lowest BCUT2D eigenvalue weighted by molar-refractivity contribution is -0.148. The van der Waals surface area contributed by atoms with E-state index in [1.807, 2.05) is 36.4 Å². The Morgan fingerprint density at radius 2 is 1.74 bits per heavy atom. The minimum Gasteiger partial charge on any atom is -0.481 e. The molecule has 0 radical (unpaired) electrons. The second kappa shape index (κ2) is 8.94. The molecule has 1 aromatic heterocycles. The van der Waals surface area contributed by atoms with Gasteiger partial charge < -0.3 is 19.2 Å². The first-order valence-corrected chi connectivity index (χ1v) is 11.7. The fourth-order valence-corrected chi connectivity index (χ4v) is 5.12. The van der Waals surface area contributed by atoms with Crippen LogP contribution >= 0.6 is 0 Å². The molecule has 0 bridgehead atoms. The summed E-state index contributed by atoms with van der Waals surface area (Å²) < 4.78 is 10.9. The number of rotatable bonds is 6. The Bertz CT molecular complexity index is 1250. The van der Waals surface area contributed by atoms with E-state index >= 15 is 0 Å². The summed E-state index contributed by atoms with van der Waals surface area (Å²) in [5, 5.41) is 12.2. The summed E-state index contributed by atoms with van der Waals surface area (Å²) in [6.07, 6.45) is 1.42. The zero-order valence-corrected chi connectivity index (χ0v) is 19.3. The van der Waals surface area contributed by atoms with Gasteiger partial charge in [-0.05, 0) is 35.1 Å². The predicted octanol–water partition coefficient (Wildman–Crippen LogP) is 4.97. The zero-order valence-electron chi connectivity index (χ0n) is 19.3. The van der Waals surface area contributed by atoms with Crippen molar-refractivity contribution in [3.63, 3.8) is 0 Å². The Morgan fingerprint density at radius 3 is 2.34 bits per heavy atom. The van der Waals surface area contributed by atoms with Crippen molar-refractivity contribution in [3.8, 4) is 11.1 Å². The number of anilines is 1. The van der Waals surface area contributed by atoms with Crippen LogP contribution in [0, 0.1) is 5.41 Å². The van der Waals surface area contributed by atoms with Crippen LogP contribution in [0.4, 0.5) is 10.5 Å². The van der Waals surface area contributed by atoms with E-state index in [4.69, 9.17) is 9.15 Å². The van der Waals surface area contributed by atoms with Crippen molar-refractivity contribution in [1.82, 2.24) is 4.90 Å². The third kappa shape index (κ3) is 3.95. The van der Waals surface area contributed by atoms with Crippen LogP contribution in [0.5, 0.6) is 0 Å². The highest BCUT2D eigenvalue weighted by molar-refractivity contribution is 6.00. The van der Waals surface area contributed by atoms with Crippen LogP contribution in [0.15, 0.2) is 65.3 Å². The summed E-state index contributed by atoms with van der Waals surface area (Å²) in [6.45, 7) is 2.36. The molecule has 1 unspecified atom stereocenters. The first kappa shape index (κ1) is 22.7. The average Bonchev–Trinajstić information content (AvgIpc) is 3.59. The highest BCUT2D eigenvalue weighted by Gasteiger charge is 2.45. The number of ether oxygens (including phenoxy) is 1. The van der Waals surface area contributed by atoms with Gasteiger partial charge >= 0.3 is 12.1 Å². The maximum Gasteiger partial charge on any atom is 0.411 e. The van der Waals surface area contributed by atoms with Gasteiger partial charge in [-0.25, -0.2) is 4.79 Å². The standard InChI is InChI=1S/C27H26N2O6/c1-2-27(25(31)32)12-13-29(16-27)24(30)23-22(11-14-34-23)28-26(33)35-15-21-19-9-5-3-7-17(19)18-8-4-6-10-20(18)21/h3-11,14,21H,2,12-13,15-16H2,1H3,(H,28,33)(H,31,32). The molecule has 0 saturated carbocycles. The minimum atomic E-state index is -0.956. The van der Waals surface area contributed by atoms with Crippen molar-refractivity contribution in [2.45, 2.75) is 25.7 Å². The lowest BCUT2D eigenvalue weighted by Gasteiger charge is -2.22. The van der Waals surface area contributed by atoms with Gasteiger partial charge in [-0.2, -0.15) is 0 Å². The number of fused-ring (bicyclic) bond motifs is 3. The van der Waals surface area contributed by atoms with Crippen LogP contribution in [0.3, 0.4) is 0 Å². The molecule has 1 saturated heterocycles. The Balaban J connectivity index is 1.25. The smallest absolute Gasteiger partial charge is 0.411 e. The van der Waals surface area contributed by atoms with Gasteiger partial charge in [0.05, 0.1) is 17.4 Å². The van der Waals surface area contributed by atoms with Crippen LogP contribution in [-0.4, -0.2) is 47.7 Å². The largest absolute Gasteiger partial charge is 0.481 e. The molecule has 8 nitrogen and oxygen atoms in total. The van der Waals surface area contributed by atoms with Gasteiger partial charge in [0.15, 0.2) is 0 Å². The van der Waals surface area contributed by atoms with Crippen LogP contribution in [0.2, 0.25) is 0 Å². The average molecular weight is 475 g/mol. The number of hydrogen-bond acceptors (Lipinski definition) is 5. The topological polar surface area (TPSA) is 109 Å². The van der Waals surface area contributed by atoms with Crippen LogP contribution in [0.25, 0.3) is 11.1 Å². The van der Waals surface area contributed by atoms with Crippen LogP contribution < -0.4 is 5.32 Å². The monoisotopic (exact) mass is 474 g/mol. The molecule has 2 amide bonds. The molecule has 3 aromatic rings.